The van der Waals surface area contributed by atoms with Gasteiger partial charge in [0.2, 0.25) is 0 Å². The highest BCUT2D eigenvalue weighted by molar-refractivity contribution is 8.01. The van der Waals surface area contributed by atoms with Crippen LogP contribution in [0.2, 0.25) is 0 Å². The Morgan fingerprint density at radius 3 is 2.57 bits per heavy atom. The minimum absolute atomic E-state index is 0.0665. The molecular formula is C26H32F2O6S. The van der Waals surface area contributed by atoms with Crippen molar-refractivity contribution in [3.63, 3.8) is 0 Å². The lowest BCUT2D eigenvalue weighted by molar-refractivity contribution is -0.235. The second-order valence-corrected chi connectivity index (χ2v) is 13.3. The molecule has 2 heterocycles. The summed E-state index contributed by atoms with van der Waals surface area (Å²) in [4.78, 5) is 23.5. The van der Waals surface area contributed by atoms with E-state index in [1.165, 1.54) is 30.0 Å². The van der Waals surface area contributed by atoms with Gasteiger partial charge in [-0.15, -0.1) is 11.8 Å². The van der Waals surface area contributed by atoms with Crippen LogP contribution in [0, 0.1) is 22.7 Å². The first-order valence-electron chi connectivity index (χ1n) is 12.5. The Hall–Kier alpha value is -1.29. The molecule has 6 nitrogen and oxygen atoms in total. The molecule has 6 rings (SSSR count). The van der Waals surface area contributed by atoms with Gasteiger partial charge < -0.3 is 19.3 Å². The van der Waals surface area contributed by atoms with E-state index in [2.05, 4.69) is 0 Å². The van der Waals surface area contributed by atoms with Crippen molar-refractivity contribution in [3.8, 4) is 0 Å². The molecule has 2 aliphatic heterocycles. The zero-order valence-electron chi connectivity index (χ0n) is 20.4. The predicted octanol–water partition coefficient (Wildman–Crippen LogP) is 3.81. The highest BCUT2D eigenvalue weighted by atomic mass is 32.2. The number of fused-ring (bicyclic) bond motifs is 7. The number of alkyl halides is 2. The second-order valence-electron chi connectivity index (χ2n) is 11.9. The SMILES string of the molecule is CC1(C)O[C@@H]2C[C@H]3[C@@H]4C[C@H](F)C5=CC(=O)C=C[C@]5(C)[C@@]4(F)[C@@H](O)C[C@]3(C)[C@]2(S[C@@H]2CCOC2=O)O1. The molecule has 5 fully saturated rings. The molecule has 35 heavy (non-hydrogen) atoms. The van der Waals surface area contributed by atoms with Gasteiger partial charge in [-0.2, -0.15) is 0 Å². The molecule has 0 amide bonds. The lowest BCUT2D eigenvalue weighted by atomic mass is 9.45. The second kappa shape index (κ2) is 7.17. The number of carbonyl (C=O) groups is 2. The number of ketones is 1. The average molecular weight is 511 g/mol. The minimum atomic E-state index is -2.16. The minimum Gasteiger partial charge on any atom is -0.465 e. The van der Waals surface area contributed by atoms with Crippen LogP contribution >= 0.6 is 11.8 Å². The van der Waals surface area contributed by atoms with Gasteiger partial charge in [0.1, 0.15) is 22.5 Å². The van der Waals surface area contributed by atoms with Gasteiger partial charge in [0.15, 0.2) is 17.2 Å². The molecule has 2 saturated heterocycles. The van der Waals surface area contributed by atoms with Crippen molar-refractivity contribution in [2.45, 2.75) is 93.4 Å². The molecule has 0 unspecified atom stereocenters. The van der Waals surface area contributed by atoms with Crippen LogP contribution in [0.1, 0.15) is 53.4 Å². The maximum Gasteiger partial charge on any atom is 0.319 e. The van der Waals surface area contributed by atoms with Gasteiger partial charge in [-0.3, -0.25) is 9.59 Å². The van der Waals surface area contributed by atoms with Crippen molar-refractivity contribution in [2.75, 3.05) is 6.61 Å². The summed E-state index contributed by atoms with van der Waals surface area (Å²) in [6.45, 7) is 7.54. The van der Waals surface area contributed by atoms with Crippen molar-refractivity contribution in [1.82, 2.24) is 0 Å². The summed E-state index contributed by atoms with van der Waals surface area (Å²) in [7, 11) is 0. The fourth-order valence-corrected chi connectivity index (χ4v) is 10.1. The molecule has 0 bridgehead atoms. The number of ether oxygens (including phenoxy) is 3. The molecule has 1 N–H and O–H groups in total. The van der Waals surface area contributed by atoms with Crippen LogP contribution in [-0.4, -0.2) is 63.5 Å². The maximum atomic E-state index is 17.4. The lowest BCUT2D eigenvalue weighted by Crippen LogP contribution is -2.69. The Balaban J connectivity index is 1.45. The fourth-order valence-electron chi connectivity index (χ4n) is 8.21. The van der Waals surface area contributed by atoms with Crippen LogP contribution in [0.15, 0.2) is 23.8 Å². The number of aliphatic hydroxyl groups excluding tert-OH is 1. The molecule has 0 aromatic carbocycles. The van der Waals surface area contributed by atoms with Crippen LogP contribution < -0.4 is 0 Å². The third-order valence-corrected chi connectivity index (χ3v) is 11.6. The number of aliphatic hydroxyl groups is 1. The number of halogens is 2. The van der Waals surface area contributed by atoms with Gasteiger partial charge in [-0.05, 0) is 63.7 Å². The largest absolute Gasteiger partial charge is 0.465 e. The monoisotopic (exact) mass is 510 g/mol. The molecule has 10 atom stereocenters. The lowest BCUT2D eigenvalue weighted by Gasteiger charge is -2.63. The smallest absolute Gasteiger partial charge is 0.319 e. The van der Waals surface area contributed by atoms with Crippen LogP contribution in [0.4, 0.5) is 8.78 Å². The third-order valence-electron chi connectivity index (χ3n) is 9.73. The predicted molar refractivity (Wildman–Crippen MR) is 124 cm³/mol. The first-order valence-corrected chi connectivity index (χ1v) is 13.3. The highest BCUT2D eigenvalue weighted by Crippen LogP contribution is 2.74. The summed E-state index contributed by atoms with van der Waals surface area (Å²) >= 11 is 1.37. The van der Waals surface area contributed by atoms with Gasteiger partial charge in [-0.25, -0.2) is 8.78 Å². The van der Waals surface area contributed by atoms with Crippen molar-refractivity contribution in [1.29, 1.82) is 0 Å². The van der Waals surface area contributed by atoms with E-state index in [1.807, 2.05) is 20.8 Å². The van der Waals surface area contributed by atoms with E-state index in [4.69, 9.17) is 14.2 Å². The van der Waals surface area contributed by atoms with Crippen LogP contribution in [0.25, 0.3) is 0 Å². The summed E-state index contributed by atoms with van der Waals surface area (Å²) in [6, 6.07) is 0. The van der Waals surface area contributed by atoms with Gasteiger partial charge >= 0.3 is 5.97 Å². The quantitative estimate of drug-likeness (QED) is 0.566. The van der Waals surface area contributed by atoms with E-state index in [1.54, 1.807) is 6.92 Å². The van der Waals surface area contributed by atoms with E-state index >= 15 is 8.78 Å². The van der Waals surface area contributed by atoms with Crippen molar-refractivity contribution in [3.05, 3.63) is 23.8 Å². The molecule has 3 saturated carbocycles. The number of hydrogen-bond donors (Lipinski definition) is 1. The molecule has 0 spiro atoms. The van der Waals surface area contributed by atoms with Crippen LogP contribution in [0.5, 0.6) is 0 Å². The molecule has 6 aliphatic rings. The molecular weight excluding hydrogens is 478 g/mol. The first-order chi connectivity index (χ1) is 16.3. The number of allylic oxidation sites excluding steroid dienone is 4. The third kappa shape index (κ3) is 2.87. The van der Waals surface area contributed by atoms with Gasteiger partial charge in [0, 0.05) is 23.2 Å². The number of esters is 1. The van der Waals surface area contributed by atoms with Crippen LogP contribution in [0.3, 0.4) is 0 Å². The van der Waals surface area contributed by atoms with E-state index in [0.29, 0.717) is 19.4 Å². The number of carbonyl (C=O) groups excluding carboxylic acids is 2. The normalized spacial score (nSPS) is 54.0. The summed E-state index contributed by atoms with van der Waals surface area (Å²) in [6.07, 6.45) is 1.46. The summed E-state index contributed by atoms with van der Waals surface area (Å²) < 4.78 is 51.2. The molecule has 0 aromatic rings. The fraction of sp³-hybridized carbons (Fsp3) is 0.769. The Morgan fingerprint density at radius 2 is 1.89 bits per heavy atom. The maximum absolute atomic E-state index is 17.4. The van der Waals surface area contributed by atoms with E-state index in [0.717, 1.165) is 0 Å². The number of hydrogen-bond acceptors (Lipinski definition) is 7. The number of thioether (sulfide) groups is 1. The topological polar surface area (TPSA) is 82.1 Å². The summed E-state index contributed by atoms with van der Waals surface area (Å²) in [5.74, 6) is -2.77. The van der Waals surface area contributed by atoms with Gasteiger partial charge in [0.25, 0.3) is 0 Å². The Labute approximate surface area is 207 Å². The van der Waals surface area contributed by atoms with Crippen molar-refractivity contribution < 1.29 is 37.7 Å². The number of rotatable bonds is 2. The number of cyclic esters (lactones) is 1. The van der Waals surface area contributed by atoms with E-state index < -0.39 is 56.8 Å². The first kappa shape index (κ1) is 24.1. The Morgan fingerprint density at radius 1 is 1.14 bits per heavy atom. The van der Waals surface area contributed by atoms with E-state index in [-0.39, 0.29) is 36.1 Å². The average Bonchev–Trinajstić information content (AvgIpc) is 3.35. The van der Waals surface area contributed by atoms with Crippen molar-refractivity contribution in [2.24, 2.45) is 22.7 Å². The van der Waals surface area contributed by atoms with Crippen molar-refractivity contribution >= 4 is 23.5 Å². The highest BCUT2D eigenvalue weighted by Gasteiger charge is 2.79. The Bertz CT molecular complexity index is 1060. The van der Waals surface area contributed by atoms with Gasteiger partial charge in [-0.1, -0.05) is 13.0 Å². The molecule has 0 radical (unpaired) electrons. The molecule has 0 aromatic heterocycles. The van der Waals surface area contributed by atoms with E-state index in [9.17, 15) is 14.7 Å². The molecule has 9 heteroatoms. The standard InChI is InChI=1S/C26H32F2O6S/c1-22(2)33-20-11-14-15-10-17(27)16-9-13(29)5-7-23(16,3)25(15,28)19(30)12-24(14,4)26(20,34-22)35-18-6-8-32-21(18)31/h5,7,9,14-15,17-20,30H,6,8,10-12H2,1-4H3/t14-,15-,17-,18+,19-,20+,23-,24-,25-,26-/m0/s1. The zero-order valence-corrected chi connectivity index (χ0v) is 21.2. The summed E-state index contributed by atoms with van der Waals surface area (Å²) in [5, 5.41) is 11.1. The molecule has 192 valence electrons. The summed E-state index contributed by atoms with van der Waals surface area (Å²) in [5.41, 5.74) is -4.27. The van der Waals surface area contributed by atoms with Gasteiger partial charge in [0.05, 0.1) is 12.7 Å². The van der Waals surface area contributed by atoms with Crippen LogP contribution in [-0.2, 0) is 23.8 Å². The Kier molecular flexibility index (Phi) is 4.93. The zero-order chi connectivity index (χ0) is 25.2. The molecule has 4 aliphatic carbocycles.